The first-order chi connectivity index (χ1) is 15.2. The third-order valence-electron chi connectivity index (χ3n) is 4.54. The van der Waals surface area contributed by atoms with Gasteiger partial charge in [0.1, 0.15) is 0 Å². The highest BCUT2D eigenvalue weighted by atomic mass is 127. The molecule has 0 amide bonds. The summed E-state index contributed by atoms with van der Waals surface area (Å²) in [6.45, 7) is 6.33. The van der Waals surface area contributed by atoms with Crippen LogP contribution in [-0.2, 0) is 9.53 Å². The molecule has 0 aromatic heterocycles. The minimum atomic E-state index is -0.685. The van der Waals surface area contributed by atoms with Crippen LogP contribution in [0.25, 0.3) is 6.08 Å². The number of nitro groups is 1. The SMILES string of the molecule is CCOc1cc(/C=C2\N=C(c3cc([N+](=O)[O-])ccc3Cl)OC2=O)cc(I)c1OC(C)CC. The van der Waals surface area contributed by atoms with Crippen molar-refractivity contribution in [2.24, 2.45) is 4.99 Å². The first kappa shape index (κ1) is 24.0. The zero-order chi connectivity index (χ0) is 23.4. The molecule has 0 radical (unpaired) electrons. The van der Waals surface area contributed by atoms with E-state index in [0.717, 1.165) is 9.99 Å². The average molecular weight is 571 g/mol. The number of nitro benzene ring substituents is 1. The number of carbonyl (C=O) groups excluding carboxylic acids is 1. The molecular weight excluding hydrogens is 551 g/mol. The number of benzene rings is 2. The van der Waals surface area contributed by atoms with Crippen molar-refractivity contribution in [2.75, 3.05) is 6.61 Å². The Morgan fingerprint density at radius 1 is 1.31 bits per heavy atom. The van der Waals surface area contributed by atoms with Crippen molar-refractivity contribution in [3.8, 4) is 11.5 Å². The van der Waals surface area contributed by atoms with Crippen LogP contribution in [0.15, 0.2) is 41.0 Å². The predicted octanol–water partition coefficient (Wildman–Crippen LogP) is 5.77. The highest BCUT2D eigenvalue weighted by Gasteiger charge is 2.27. The summed E-state index contributed by atoms with van der Waals surface area (Å²) in [6.07, 6.45) is 2.42. The van der Waals surface area contributed by atoms with E-state index in [9.17, 15) is 14.9 Å². The Labute approximate surface area is 203 Å². The molecule has 0 fully saturated rings. The molecule has 168 valence electrons. The number of carbonyl (C=O) groups is 1. The lowest BCUT2D eigenvalue weighted by molar-refractivity contribution is -0.384. The molecule has 32 heavy (non-hydrogen) atoms. The minimum Gasteiger partial charge on any atom is -0.490 e. The first-order valence-corrected chi connectivity index (χ1v) is 11.3. The molecule has 1 heterocycles. The molecule has 2 aromatic carbocycles. The van der Waals surface area contributed by atoms with Crippen molar-refractivity contribution in [2.45, 2.75) is 33.3 Å². The second-order valence-electron chi connectivity index (χ2n) is 6.86. The summed E-state index contributed by atoms with van der Waals surface area (Å²) in [5, 5.41) is 11.2. The Balaban J connectivity index is 1.99. The van der Waals surface area contributed by atoms with Gasteiger partial charge in [-0.05, 0) is 72.7 Å². The summed E-state index contributed by atoms with van der Waals surface area (Å²) in [4.78, 5) is 27.1. The van der Waals surface area contributed by atoms with Crippen LogP contribution in [0.1, 0.15) is 38.3 Å². The fourth-order valence-corrected chi connectivity index (χ4v) is 3.76. The van der Waals surface area contributed by atoms with Gasteiger partial charge >= 0.3 is 5.97 Å². The summed E-state index contributed by atoms with van der Waals surface area (Å²) >= 11 is 8.29. The number of halogens is 2. The zero-order valence-corrected chi connectivity index (χ0v) is 20.5. The van der Waals surface area contributed by atoms with Crippen molar-refractivity contribution in [3.63, 3.8) is 0 Å². The van der Waals surface area contributed by atoms with E-state index in [2.05, 4.69) is 27.6 Å². The molecule has 0 aliphatic carbocycles. The number of rotatable bonds is 8. The summed E-state index contributed by atoms with van der Waals surface area (Å²) in [6, 6.07) is 7.45. The summed E-state index contributed by atoms with van der Waals surface area (Å²) in [5.41, 5.74) is 0.681. The van der Waals surface area contributed by atoms with Crippen molar-refractivity contribution in [1.82, 2.24) is 0 Å². The number of aliphatic imine (C=N–C) groups is 1. The van der Waals surface area contributed by atoms with E-state index in [1.165, 1.54) is 18.2 Å². The van der Waals surface area contributed by atoms with Gasteiger partial charge in [0.15, 0.2) is 17.2 Å². The van der Waals surface area contributed by atoms with E-state index in [1.54, 1.807) is 12.1 Å². The molecule has 1 aliphatic rings. The molecule has 10 heteroatoms. The van der Waals surface area contributed by atoms with Crippen LogP contribution < -0.4 is 9.47 Å². The monoisotopic (exact) mass is 570 g/mol. The van der Waals surface area contributed by atoms with Gasteiger partial charge in [-0.1, -0.05) is 18.5 Å². The topological polar surface area (TPSA) is 100 Å². The van der Waals surface area contributed by atoms with E-state index in [0.29, 0.717) is 23.7 Å². The van der Waals surface area contributed by atoms with Crippen molar-refractivity contribution in [3.05, 3.63) is 65.9 Å². The summed E-state index contributed by atoms with van der Waals surface area (Å²) in [7, 11) is 0. The maximum absolute atomic E-state index is 12.4. The summed E-state index contributed by atoms with van der Waals surface area (Å²) in [5.74, 6) is 0.427. The van der Waals surface area contributed by atoms with Gasteiger partial charge in [-0.15, -0.1) is 0 Å². The van der Waals surface area contributed by atoms with Crippen LogP contribution in [0.4, 0.5) is 5.69 Å². The quantitative estimate of drug-likeness (QED) is 0.131. The average Bonchev–Trinajstić information content (AvgIpc) is 3.10. The third kappa shape index (κ3) is 5.39. The largest absolute Gasteiger partial charge is 0.490 e. The molecule has 1 atom stereocenters. The smallest absolute Gasteiger partial charge is 0.363 e. The lowest BCUT2D eigenvalue weighted by Gasteiger charge is -2.18. The molecule has 0 saturated carbocycles. The second-order valence-corrected chi connectivity index (χ2v) is 8.43. The number of esters is 1. The van der Waals surface area contributed by atoms with Crippen molar-refractivity contribution >= 4 is 57.8 Å². The number of hydrogen-bond donors (Lipinski definition) is 0. The molecule has 3 rings (SSSR count). The summed E-state index contributed by atoms with van der Waals surface area (Å²) < 4.78 is 17.8. The Hall–Kier alpha value is -2.66. The van der Waals surface area contributed by atoms with Gasteiger partial charge in [0.05, 0.1) is 31.8 Å². The van der Waals surface area contributed by atoms with Gasteiger partial charge in [0, 0.05) is 12.1 Å². The third-order valence-corrected chi connectivity index (χ3v) is 5.67. The molecule has 0 N–H and O–H groups in total. The molecule has 1 aliphatic heterocycles. The number of cyclic esters (lactones) is 1. The molecule has 2 aromatic rings. The maximum Gasteiger partial charge on any atom is 0.363 e. The van der Waals surface area contributed by atoms with Gasteiger partial charge in [-0.3, -0.25) is 10.1 Å². The Kier molecular flexibility index (Phi) is 7.73. The van der Waals surface area contributed by atoms with E-state index < -0.39 is 10.9 Å². The van der Waals surface area contributed by atoms with Gasteiger partial charge in [-0.2, -0.15) is 0 Å². The highest BCUT2D eigenvalue weighted by molar-refractivity contribution is 14.1. The Bertz CT molecular complexity index is 1130. The Morgan fingerprint density at radius 3 is 2.72 bits per heavy atom. The predicted molar refractivity (Wildman–Crippen MR) is 129 cm³/mol. The Morgan fingerprint density at radius 2 is 2.06 bits per heavy atom. The van der Waals surface area contributed by atoms with Crippen LogP contribution >= 0.6 is 34.2 Å². The van der Waals surface area contributed by atoms with Gasteiger partial charge in [0.25, 0.3) is 5.69 Å². The fourth-order valence-electron chi connectivity index (χ4n) is 2.81. The lowest BCUT2D eigenvalue weighted by atomic mass is 10.1. The molecule has 1 unspecified atom stereocenters. The molecule has 0 saturated heterocycles. The highest BCUT2D eigenvalue weighted by Crippen LogP contribution is 2.36. The van der Waals surface area contributed by atoms with E-state index in [1.807, 2.05) is 26.8 Å². The van der Waals surface area contributed by atoms with Gasteiger partial charge < -0.3 is 14.2 Å². The van der Waals surface area contributed by atoms with Gasteiger partial charge in [-0.25, -0.2) is 9.79 Å². The molecular formula is C22H20ClIN2O6. The number of nitrogens with zero attached hydrogens (tertiary/aromatic N) is 2. The van der Waals surface area contributed by atoms with Crippen molar-refractivity contribution < 1.29 is 23.9 Å². The minimum absolute atomic E-state index is 0.0172. The van der Waals surface area contributed by atoms with E-state index in [4.69, 9.17) is 25.8 Å². The van der Waals surface area contributed by atoms with Gasteiger partial charge in [0.2, 0.25) is 5.90 Å². The van der Waals surface area contributed by atoms with E-state index >= 15 is 0 Å². The van der Waals surface area contributed by atoms with Crippen molar-refractivity contribution in [1.29, 1.82) is 0 Å². The fraction of sp³-hybridized carbons (Fsp3) is 0.273. The van der Waals surface area contributed by atoms with E-state index in [-0.39, 0.29) is 34.0 Å². The molecule has 8 nitrogen and oxygen atoms in total. The normalized spacial score (nSPS) is 15.3. The van der Waals surface area contributed by atoms with Crippen LogP contribution in [0.3, 0.4) is 0 Å². The standard InChI is InChI=1S/C22H20ClIN2O6/c1-4-12(3)31-20-17(24)8-13(10-19(20)30-5-2)9-18-22(27)32-21(25-18)15-11-14(26(28)29)6-7-16(15)23/h6-12H,4-5H2,1-3H3/b18-9-. The van der Waals surface area contributed by atoms with Crippen LogP contribution in [0.5, 0.6) is 11.5 Å². The number of non-ortho nitro benzene ring substituents is 1. The number of hydrogen-bond acceptors (Lipinski definition) is 7. The lowest BCUT2D eigenvalue weighted by Crippen LogP contribution is -2.12. The molecule has 0 bridgehead atoms. The second kappa shape index (κ2) is 10.3. The van der Waals surface area contributed by atoms with Crippen LogP contribution in [-0.4, -0.2) is 29.5 Å². The maximum atomic E-state index is 12.4. The van der Waals surface area contributed by atoms with Crippen LogP contribution in [0.2, 0.25) is 5.02 Å². The first-order valence-electron chi connectivity index (χ1n) is 9.83. The zero-order valence-electron chi connectivity index (χ0n) is 17.6. The molecule has 0 spiro atoms. The van der Waals surface area contributed by atoms with Crippen LogP contribution in [0, 0.1) is 13.7 Å². The number of ether oxygens (including phenoxy) is 3.